The third kappa shape index (κ3) is 2.51. The first-order valence-electron chi connectivity index (χ1n) is 5.97. The molecule has 1 heterocycles. The largest absolute Gasteiger partial charge is 0.385 e. The zero-order chi connectivity index (χ0) is 14.0. The Morgan fingerprint density at radius 3 is 2.47 bits per heavy atom. The van der Waals surface area contributed by atoms with E-state index in [-0.39, 0.29) is 11.7 Å². The normalized spacial score (nSPS) is 12.2. The van der Waals surface area contributed by atoms with Gasteiger partial charge in [-0.2, -0.15) is 0 Å². The fourth-order valence-electron chi connectivity index (χ4n) is 1.81. The molecule has 0 radical (unpaired) electrons. The molecule has 1 aromatic carbocycles. The molecule has 1 atom stereocenters. The van der Waals surface area contributed by atoms with E-state index in [2.05, 4.69) is 5.16 Å². The topological polar surface area (TPSA) is 66.6 Å². The fourth-order valence-corrected chi connectivity index (χ4v) is 1.81. The van der Waals surface area contributed by atoms with Crippen LogP contribution in [0.5, 0.6) is 0 Å². The number of hydrogen-bond donors (Lipinski definition) is 1. The molecule has 1 unspecified atom stereocenters. The van der Waals surface area contributed by atoms with Gasteiger partial charge in [-0.1, -0.05) is 35.5 Å². The van der Waals surface area contributed by atoms with Crippen molar-refractivity contribution in [2.45, 2.75) is 13.0 Å². The Morgan fingerprint density at radius 2 is 1.95 bits per heavy atom. The Bertz CT molecular complexity index is 574. The van der Waals surface area contributed by atoms with Crippen LogP contribution in [-0.2, 0) is 0 Å². The number of aliphatic hydroxyl groups is 1. The molecule has 5 nitrogen and oxygen atoms in total. The zero-order valence-corrected chi connectivity index (χ0v) is 11.1. The minimum Gasteiger partial charge on any atom is -0.385 e. The van der Waals surface area contributed by atoms with Gasteiger partial charge in [0.2, 0.25) is 0 Å². The molecule has 1 amide bonds. The highest BCUT2D eigenvalue weighted by molar-refractivity contribution is 6.00. The number of nitrogens with zero attached hydrogens (tertiary/aromatic N) is 2. The fraction of sp³-hybridized carbons (Fsp3) is 0.286. The first kappa shape index (κ1) is 13.3. The van der Waals surface area contributed by atoms with Crippen molar-refractivity contribution in [2.75, 3.05) is 14.1 Å². The van der Waals surface area contributed by atoms with Crippen LogP contribution in [0.1, 0.15) is 29.1 Å². The van der Waals surface area contributed by atoms with Crippen molar-refractivity contribution in [3.63, 3.8) is 0 Å². The van der Waals surface area contributed by atoms with Gasteiger partial charge in [-0.25, -0.2) is 0 Å². The third-order valence-corrected chi connectivity index (χ3v) is 2.77. The highest BCUT2D eigenvalue weighted by Gasteiger charge is 2.27. The number of aromatic nitrogens is 1. The minimum absolute atomic E-state index is 0.192. The molecule has 0 bridgehead atoms. The van der Waals surface area contributed by atoms with Crippen LogP contribution in [0, 0.1) is 0 Å². The Kier molecular flexibility index (Phi) is 3.66. The van der Waals surface area contributed by atoms with Gasteiger partial charge in [0, 0.05) is 19.7 Å². The van der Waals surface area contributed by atoms with Crippen LogP contribution in [0.4, 0.5) is 0 Å². The van der Waals surface area contributed by atoms with Gasteiger partial charge in [-0.3, -0.25) is 4.79 Å². The Hall–Kier alpha value is -2.14. The van der Waals surface area contributed by atoms with Crippen LogP contribution in [0.15, 0.2) is 34.9 Å². The summed E-state index contributed by atoms with van der Waals surface area (Å²) in [5, 5.41) is 13.6. The summed E-state index contributed by atoms with van der Waals surface area (Å²) >= 11 is 0. The molecule has 0 spiro atoms. The van der Waals surface area contributed by atoms with Crippen LogP contribution in [0.2, 0.25) is 0 Å². The van der Waals surface area contributed by atoms with Gasteiger partial charge >= 0.3 is 0 Å². The third-order valence-electron chi connectivity index (χ3n) is 2.77. The molecule has 5 heteroatoms. The second-order valence-corrected chi connectivity index (χ2v) is 4.51. The van der Waals surface area contributed by atoms with Crippen LogP contribution in [-0.4, -0.2) is 35.2 Å². The lowest BCUT2D eigenvalue weighted by Crippen LogP contribution is -2.23. The number of amides is 1. The van der Waals surface area contributed by atoms with E-state index in [9.17, 15) is 9.90 Å². The van der Waals surface area contributed by atoms with E-state index in [1.807, 2.05) is 30.3 Å². The first-order chi connectivity index (χ1) is 9.02. The molecule has 1 aromatic heterocycles. The molecule has 0 aliphatic carbocycles. The van der Waals surface area contributed by atoms with Crippen molar-refractivity contribution in [2.24, 2.45) is 0 Å². The predicted octanol–water partition coefficient (Wildman–Crippen LogP) is 2.10. The van der Waals surface area contributed by atoms with Crippen LogP contribution in [0.3, 0.4) is 0 Å². The lowest BCUT2D eigenvalue weighted by molar-refractivity contribution is 0.0815. The number of rotatable bonds is 3. The van der Waals surface area contributed by atoms with Gasteiger partial charge in [-0.05, 0) is 6.92 Å². The lowest BCUT2D eigenvalue weighted by Gasteiger charge is -2.11. The van der Waals surface area contributed by atoms with Crippen molar-refractivity contribution in [1.82, 2.24) is 10.1 Å². The molecule has 0 saturated carbocycles. The standard InChI is InChI=1S/C14H16N2O3/c1-9(17)13-11(14(18)16(2)3)12(15-19-13)10-7-5-4-6-8-10/h4-9,17H,1-3H3. The maximum Gasteiger partial charge on any atom is 0.259 e. The van der Waals surface area contributed by atoms with Crippen LogP contribution in [0.25, 0.3) is 11.3 Å². The summed E-state index contributed by atoms with van der Waals surface area (Å²) in [4.78, 5) is 13.7. The SMILES string of the molecule is CC(O)c1onc(-c2ccccc2)c1C(=O)N(C)C. The summed E-state index contributed by atoms with van der Waals surface area (Å²) in [6.07, 6.45) is -0.885. The van der Waals surface area contributed by atoms with Crippen molar-refractivity contribution in [3.8, 4) is 11.3 Å². The van der Waals surface area contributed by atoms with Gasteiger partial charge in [0.15, 0.2) is 5.76 Å². The van der Waals surface area contributed by atoms with Crippen molar-refractivity contribution >= 4 is 5.91 Å². The number of hydrogen-bond acceptors (Lipinski definition) is 4. The summed E-state index contributed by atoms with van der Waals surface area (Å²) in [5.41, 5.74) is 1.55. The highest BCUT2D eigenvalue weighted by atomic mass is 16.5. The first-order valence-corrected chi connectivity index (χ1v) is 5.97. The number of carbonyl (C=O) groups excluding carboxylic acids is 1. The van der Waals surface area contributed by atoms with Gasteiger partial charge in [-0.15, -0.1) is 0 Å². The maximum atomic E-state index is 12.2. The monoisotopic (exact) mass is 260 g/mol. The number of aliphatic hydroxyl groups excluding tert-OH is 1. The average molecular weight is 260 g/mol. The van der Waals surface area contributed by atoms with E-state index in [4.69, 9.17) is 4.52 Å². The van der Waals surface area contributed by atoms with Crippen molar-refractivity contribution in [1.29, 1.82) is 0 Å². The summed E-state index contributed by atoms with van der Waals surface area (Å²) < 4.78 is 5.14. The summed E-state index contributed by atoms with van der Waals surface area (Å²) in [6, 6.07) is 9.28. The smallest absolute Gasteiger partial charge is 0.259 e. The van der Waals surface area contributed by atoms with E-state index in [1.54, 1.807) is 21.0 Å². The molecule has 2 aromatic rings. The Labute approximate surface area is 111 Å². The van der Waals surface area contributed by atoms with Crippen molar-refractivity contribution < 1.29 is 14.4 Å². The van der Waals surface area contributed by atoms with Gasteiger partial charge < -0.3 is 14.5 Å². The van der Waals surface area contributed by atoms with E-state index in [1.165, 1.54) is 4.90 Å². The highest BCUT2D eigenvalue weighted by Crippen LogP contribution is 2.29. The average Bonchev–Trinajstić information content (AvgIpc) is 2.83. The van der Waals surface area contributed by atoms with Gasteiger partial charge in [0.1, 0.15) is 17.4 Å². The number of carbonyl (C=O) groups is 1. The predicted molar refractivity (Wildman–Crippen MR) is 70.6 cm³/mol. The maximum absolute atomic E-state index is 12.2. The van der Waals surface area contributed by atoms with E-state index in [0.717, 1.165) is 5.56 Å². The molecule has 1 N–H and O–H groups in total. The Morgan fingerprint density at radius 1 is 1.32 bits per heavy atom. The van der Waals surface area contributed by atoms with E-state index in [0.29, 0.717) is 11.3 Å². The van der Waals surface area contributed by atoms with Crippen molar-refractivity contribution in [3.05, 3.63) is 41.7 Å². The number of benzene rings is 1. The Balaban J connectivity index is 2.60. The molecule has 19 heavy (non-hydrogen) atoms. The van der Waals surface area contributed by atoms with E-state index < -0.39 is 6.10 Å². The van der Waals surface area contributed by atoms with Gasteiger partial charge in [0.05, 0.1) is 0 Å². The summed E-state index contributed by atoms with van der Waals surface area (Å²) in [5.74, 6) is -0.0476. The molecular formula is C14H16N2O3. The van der Waals surface area contributed by atoms with Gasteiger partial charge in [0.25, 0.3) is 5.91 Å². The van der Waals surface area contributed by atoms with Crippen LogP contribution >= 0.6 is 0 Å². The molecule has 0 saturated heterocycles. The van der Waals surface area contributed by atoms with E-state index >= 15 is 0 Å². The molecule has 100 valence electrons. The van der Waals surface area contributed by atoms with Crippen LogP contribution < -0.4 is 0 Å². The summed E-state index contributed by atoms with van der Waals surface area (Å²) in [6.45, 7) is 1.54. The molecule has 0 aliphatic heterocycles. The molecule has 0 fully saturated rings. The lowest BCUT2D eigenvalue weighted by atomic mass is 10.0. The summed E-state index contributed by atoms with van der Waals surface area (Å²) in [7, 11) is 3.30. The molecular weight excluding hydrogens is 244 g/mol. The second-order valence-electron chi connectivity index (χ2n) is 4.51. The quantitative estimate of drug-likeness (QED) is 0.917. The minimum atomic E-state index is -0.885. The molecule has 0 aliphatic rings. The molecule has 2 rings (SSSR count). The second kappa shape index (κ2) is 5.24. The zero-order valence-electron chi connectivity index (χ0n) is 11.1.